The SMILES string of the molecule is CC(=O)N1CCN(C(=O)c2cccc(C(=O)Nc3ccccc3)c2)CC1. The fourth-order valence-electron chi connectivity index (χ4n) is 2.93. The molecule has 6 nitrogen and oxygen atoms in total. The highest BCUT2D eigenvalue weighted by molar-refractivity contribution is 6.06. The molecule has 1 saturated heterocycles. The number of hydrogen-bond donors (Lipinski definition) is 1. The average Bonchev–Trinajstić information content (AvgIpc) is 2.68. The highest BCUT2D eigenvalue weighted by Gasteiger charge is 2.23. The van der Waals surface area contributed by atoms with Crippen LogP contribution < -0.4 is 5.32 Å². The molecule has 0 spiro atoms. The first-order valence-corrected chi connectivity index (χ1v) is 8.56. The van der Waals surface area contributed by atoms with Gasteiger partial charge in [0.2, 0.25) is 5.91 Å². The molecule has 26 heavy (non-hydrogen) atoms. The number of carbonyl (C=O) groups is 3. The zero-order chi connectivity index (χ0) is 18.5. The molecule has 2 aromatic carbocycles. The minimum absolute atomic E-state index is 0.0247. The van der Waals surface area contributed by atoms with E-state index in [2.05, 4.69) is 5.32 Å². The van der Waals surface area contributed by atoms with Crippen LogP contribution in [0.2, 0.25) is 0 Å². The van der Waals surface area contributed by atoms with E-state index in [0.29, 0.717) is 43.0 Å². The first kappa shape index (κ1) is 17.7. The van der Waals surface area contributed by atoms with E-state index in [1.165, 1.54) is 6.92 Å². The number of nitrogens with one attached hydrogen (secondary N) is 1. The Balaban J connectivity index is 1.68. The second kappa shape index (κ2) is 7.82. The quantitative estimate of drug-likeness (QED) is 0.922. The van der Waals surface area contributed by atoms with Crippen LogP contribution in [0, 0.1) is 0 Å². The van der Waals surface area contributed by atoms with Gasteiger partial charge in [-0.3, -0.25) is 14.4 Å². The van der Waals surface area contributed by atoms with E-state index in [9.17, 15) is 14.4 Å². The third-order valence-corrected chi connectivity index (χ3v) is 4.42. The van der Waals surface area contributed by atoms with Gasteiger partial charge in [0, 0.05) is 49.9 Å². The van der Waals surface area contributed by atoms with Crippen molar-refractivity contribution in [1.82, 2.24) is 9.80 Å². The molecule has 0 atom stereocenters. The predicted molar refractivity (Wildman–Crippen MR) is 99.0 cm³/mol. The molecule has 0 aromatic heterocycles. The molecule has 134 valence electrons. The fraction of sp³-hybridized carbons (Fsp3) is 0.250. The second-order valence-electron chi connectivity index (χ2n) is 6.20. The van der Waals surface area contributed by atoms with Crippen molar-refractivity contribution in [2.75, 3.05) is 31.5 Å². The molecule has 0 bridgehead atoms. The van der Waals surface area contributed by atoms with Crippen molar-refractivity contribution in [3.05, 3.63) is 65.7 Å². The normalized spacial score (nSPS) is 14.0. The molecule has 1 aliphatic rings. The second-order valence-corrected chi connectivity index (χ2v) is 6.20. The summed E-state index contributed by atoms with van der Waals surface area (Å²) in [6.45, 7) is 3.61. The number of piperazine rings is 1. The molecular weight excluding hydrogens is 330 g/mol. The molecule has 3 amide bonds. The summed E-state index contributed by atoms with van der Waals surface area (Å²) < 4.78 is 0. The number of amides is 3. The Morgan fingerprint density at radius 3 is 2.08 bits per heavy atom. The maximum Gasteiger partial charge on any atom is 0.255 e. The van der Waals surface area contributed by atoms with Crippen molar-refractivity contribution in [3.8, 4) is 0 Å². The van der Waals surface area contributed by atoms with E-state index in [0.717, 1.165) is 0 Å². The number of rotatable bonds is 3. The van der Waals surface area contributed by atoms with Gasteiger partial charge in [-0.15, -0.1) is 0 Å². The van der Waals surface area contributed by atoms with Crippen molar-refractivity contribution < 1.29 is 14.4 Å². The number of hydrogen-bond acceptors (Lipinski definition) is 3. The summed E-state index contributed by atoms with van der Waals surface area (Å²) in [6.07, 6.45) is 0. The lowest BCUT2D eigenvalue weighted by molar-refractivity contribution is -0.130. The smallest absolute Gasteiger partial charge is 0.255 e. The summed E-state index contributed by atoms with van der Waals surface area (Å²) >= 11 is 0. The Bertz CT molecular complexity index is 812. The number of nitrogens with zero attached hydrogens (tertiary/aromatic N) is 2. The van der Waals surface area contributed by atoms with E-state index in [-0.39, 0.29) is 17.7 Å². The molecule has 0 unspecified atom stereocenters. The molecular formula is C20H21N3O3. The van der Waals surface area contributed by atoms with Crippen LogP contribution >= 0.6 is 0 Å². The van der Waals surface area contributed by atoms with Gasteiger partial charge in [-0.2, -0.15) is 0 Å². The molecule has 1 aliphatic heterocycles. The Morgan fingerprint density at radius 2 is 1.42 bits per heavy atom. The number of para-hydroxylation sites is 1. The fourth-order valence-corrected chi connectivity index (χ4v) is 2.93. The summed E-state index contributed by atoms with van der Waals surface area (Å²) in [4.78, 5) is 39.9. The molecule has 1 fully saturated rings. The minimum atomic E-state index is -0.257. The van der Waals surface area contributed by atoms with Crippen molar-refractivity contribution in [1.29, 1.82) is 0 Å². The number of anilines is 1. The van der Waals surface area contributed by atoms with E-state index in [1.807, 2.05) is 18.2 Å². The lowest BCUT2D eigenvalue weighted by Crippen LogP contribution is -2.50. The summed E-state index contributed by atoms with van der Waals surface area (Å²) in [6, 6.07) is 15.9. The minimum Gasteiger partial charge on any atom is -0.339 e. The van der Waals surface area contributed by atoms with Crippen LogP contribution in [0.1, 0.15) is 27.6 Å². The summed E-state index contributed by atoms with van der Waals surface area (Å²) in [5.74, 6) is -0.355. The Hall–Kier alpha value is -3.15. The molecule has 6 heteroatoms. The largest absolute Gasteiger partial charge is 0.339 e. The highest BCUT2D eigenvalue weighted by Crippen LogP contribution is 2.13. The number of benzene rings is 2. The predicted octanol–water partition coefficient (Wildman–Crippen LogP) is 2.24. The van der Waals surface area contributed by atoms with E-state index < -0.39 is 0 Å². The van der Waals surface area contributed by atoms with Crippen LogP contribution in [0.25, 0.3) is 0 Å². The monoisotopic (exact) mass is 351 g/mol. The van der Waals surface area contributed by atoms with E-state index >= 15 is 0 Å². The van der Waals surface area contributed by atoms with Crippen LogP contribution in [0.5, 0.6) is 0 Å². The van der Waals surface area contributed by atoms with Gasteiger partial charge in [0.05, 0.1) is 0 Å². The first-order valence-electron chi connectivity index (χ1n) is 8.56. The van der Waals surface area contributed by atoms with Crippen LogP contribution in [0.4, 0.5) is 5.69 Å². The van der Waals surface area contributed by atoms with Gasteiger partial charge < -0.3 is 15.1 Å². The Morgan fingerprint density at radius 1 is 0.808 bits per heavy atom. The Kier molecular flexibility index (Phi) is 5.31. The molecule has 2 aromatic rings. The lowest BCUT2D eigenvalue weighted by Gasteiger charge is -2.34. The van der Waals surface area contributed by atoms with Gasteiger partial charge in [-0.1, -0.05) is 24.3 Å². The molecule has 0 aliphatic carbocycles. The average molecular weight is 351 g/mol. The first-order chi connectivity index (χ1) is 12.5. The van der Waals surface area contributed by atoms with Crippen LogP contribution in [-0.2, 0) is 4.79 Å². The molecule has 1 N–H and O–H groups in total. The van der Waals surface area contributed by atoms with E-state index in [4.69, 9.17) is 0 Å². The molecule has 0 radical (unpaired) electrons. The van der Waals surface area contributed by atoms with Gasteiger partial charge in [0.15, 0.2) is 0 Å². The highest BCUT2D eigenvalue weighted by atomic mass is 16.2. The van der Waals surface area contributed by atoms with Crippen molar-refractivity contribution in [2.24, 2.45) is 0 Å². The molecule has 3 rings (SSSR count). The van der Waals surface area contributed by atoms with Crippen LogP contribution in [0.15, 0.2) is 54.6 Å². The van der Waals surface area contributed by atoms with Gasteiger partial charge in [-0.05, 0) is 30.3 Å². The summed E-state index contributed by atoms with van der Waals surface area (Å²) in [7, 11) is 0. The summed E-state index contributed by atoms with van der Waals surface area (Å²) in [5.41, 5.74) is 1.61. The van der Waals surface area contributed by atoms with Crippen LogP contribution in [-0.4, -0.2) is 53.7 Å². The molecule has 1 heterocycles. The summed E-state index contributed by atoms with van der Waals surface area (Å²) in [5, 5.41) is 2.81. The van der Waals surface area contributed by atoms with Crippen molar-refractivity contribution >= 4 is 23.4 Å². The van der Waals surface area contributed by atoms with Crippen LogP contribution in [0.3, 0.4) is 0 Å². The topological polar surface area (TPSA) is 69.7 Å². The molecule has 0 saturated carbocycles. The Labute approximate surface area is 152 Å². The zero-order valence-corrected chi connectivity index (χ0v) is 14.6. The van der Waals surface area contributed by atoms with Gasteiger partial charge in [0.1, 0.15) is 0 Å². The van der Waals surface area contributed by atoms with Gasteiger partial charge >= 0.3 is 0 Å². The maximum atomic E-state index is 12.7. The zero-order valence-electron chi connectivity index (χ0n) is 14.6. The lowest BCUT2D eigenvalue weighted by atomic mass is 10.1. The third-order valence-electron chi connectivity index (χ3n) is 4.42. The van der Waals surface area contributed by atoms with E-state index in [1.54, 1.807) is 46.2 Å². The van der Waals surface area contributed by atoms with Crippen molar-refractivity contribution in [2.45, 2.75) is 6.92 Å². The standard InChI is InChI=1S/C20H21N3O3/c1-15(24)22-10-12-23(13-11-22)20(26)17-7-5-6-16(14-17)19(25)21-18-8-3-2-4-9-18/h2-9,14H,10-13H2,1H3,(H,21,25). The third kappa shape index (κ3) is 4.08. The maximum absolute atomic E-state index is 12.7. The van der Waals surface area contributed by atoms with Gasteiger partial charge in [0.25, 0.3) is 11.8 Å². The van der Waals surface area contributed by atoms with Gasteiger partial charge in [-0.25, -0.2) is 0 Å². The van der Waals surface area contributed by atoms with Crippen molar-refractivity contribution in [3.63, 3.8) is 0 Å². The number of carbonyl (C=O) groups excluding carboxylic acids is 3.